The number of benzene rings is 3. The van der Waals surface area contributed by atoms with Gasteiger partial charge in [0.15, 0.2) is 11.5 Å². The Hall–Kier alpha value is -4.34. The molecule has 9 nitrogen and oxygen atoms in total. The topological polar surface area (TPSA) is 109 Å². The number of likely N-dealkylation sites (tertiary alicyclic amines) is 1. The van der Waals surface area contributed by atoms with Crippen LogP contribution in [0.1, 0.15) is 41.6 Å². The van der Waals surface area contributed by atoms with Crippen molar-refractivity contribution in [2.24, 2.45) is 0 Å². The lowest BCUT2D eigenvalue weighted by Gasteiger charge is -2.29. The highest BCUT2D eigenvalue weighted by molar-refractivity contribution is 6.46. The summed E-state index contributed by atoms with van der Waals surface area (Å²) >= 11 is 0. The molecule has 1 unspecified atom stereocenters. The second-order valence-corrected chi connectivity index (χ2v) is 10.7. The molecule has 0 aliphatic carbocycles. The molecule has 0 saturated carbocycles. The summed E-state index contributed by atoms with van der Waals surface area (Å²) < 4.78 is 17.0. The largest absolute Gasteiger partial charge is 0.507 e. The zero-order valence-corrected chi connectivity index (χ0v) is 24.6. The van der Waals surface area contributed by atoms with E-state index in [2.05, 4.69) is 4.90 Å². The minimum Gasteiger partial charge on any atom is -0.507 e. The van der Waals surface area contributed by atoms with E-state index in [1.165, 1.54) is 11.0 Å². The third kappa shape index (κ3) is 6.84. The van der Waals surface area contributed by atoms with Gasteiger partial charge in [-0.1, -0.05) is 36.4 Å². The Labute approximate surface area is 251 Å². The lowest BCUT2D eigenvalue weighted by Crippen LogP contribution is -2.38. The van der Waals surface area contributed by atoms with Gasteiger partial charge in [-0.2, -0.15) is 0 Å². The molecular weight excluding hydrogens is 548 g/mol. The Bertz CT molecular complexity index is 1480. The maximum absolute atomic E-state index is 13.5. The SMILES string of the molecule is CCOc1cc(C2/C(=C(\O)c3ccc(OCc4ccccc4)c(C)c3)C(=O)C(=O)N2CCCN2CCOCC2)ccc1O. The van der Waals surface area contributed by atoms with Gasteiger partial charge in [-0.05, 0) is 67.3 Å². The van der Waals surface area contributed by atoms with Gasteiger partial charge in [-0.25, -0.2) is 0 Å². The molecular formula is C34H38N2O7. The Morgan fingerprint density at radius 2 is 1.72 bits per heavy atom. The first kappa shape index (κ1) is 30.1. The van der Waals surface area contributed by atoms with Gasteiger partial charge >= 0.3 is 0 Å². The maximum Gasteiger partial charge on any atom is 0.295 e. The molecule has 2 heterocycles. The van der Waals surface area contributed by atoms with Crippen molar-refractivity contribution in [3.8, 4) is 17.2 Å². The third-order valence-electron chi connectivity index (χ3n) is 7.80. The van der Waals surface area contributed by atoms with Crippen molar-refractivity contribution >= 4 is 17.4 Å². The summed E-state index contributed by atoms with van der Waals surface area (Å²) in [5, 5.41) is 21.9. The van der Waals surface area contributed by atoms with Gasteiger partial charge in [0.2, 0.25) is 0 Å². The molecule has 226 valence electrons. The maximum atomic E-state index is 13.5. The number of hydrogen-bond acceptors (Lipinski definition) is 8. The summed E-state index contributed by atoms with van der Waals surface area (Å²) in [6.45, 7) is 8.46. The number of phenols is 1. The molecule has 2 N–H and O–H groups in total. The number of aliphatic hydroxyl groups is 1. The lowest BCUT2D eigenvalue weighted by atomic mass is 9.94. The van der Waals surface area contributed by atoms with E-state index in [0.717, 1.165) is 30.8 Å². The monoisotopic (exact) mass is 586 g/mol. The number of hydrogen-bond donors (Lipinski definition) is 2. The predicted molar refractivity (Wildman–Crippen MR) is 162 cm³/mol. The zero-order chi connectivity index (χ0) is 30.3. The van der Waals surface area contributed by atoms with E-state index in [1.54, 1.807) is 37.3 Å². The van der Waals surface area contributed by atoms with E-state index in [4.69, 9.17) is 14.2 Å². The van der Waals surface area contributed by atoms with Gasteiger partial charge in [0.05, 0.1) is 31.4 Å². The van der Waals surface area contributed by atoms with Crippen molar-refractivity contribution in [2.75, 3.05) is 46.0 Å². The van der Waals surface area contributed by atoms with Crippen LogP contribution >= 0.6 is 0 Å². The van der Waals surface area contributed by atoms with Crippen LogP contribution in [-0.4, -0.2) is 77.7 Å². The van der Waals surface area contributed by atoms with Crippen LogP contribution in [0.2, 0.25) is 0 Å². The molecule has 0 spiro atoms. The minimum absolute atomic E-state index is 0.00173. The summed E-state index contributed by atoms with van der Waals surface area (Å²) in [5.74, 6) is -0.824. The second-order valence-electron chi connectivity index (χ2n) is 10.7. The Morgan fingerprint density at radius 3 is 2.44 bits per heavy atom. The predicted octanol–water partition coefficient (Wildman–Crippen LogP) is 4.82. The first-order valence-electron chi connectivity index (χ1n) is 14.7. The number of aliphatic hydroxyl groups excluding tert-OH is 1. The van der Waals surface area contributed by atoms with Gasteiger partial charge in [-0.15, -0.1) is 0 Å². The highest BCUT2D eigenvalue weighted by Gasteiger charge is 2.46. The Balaban J connectivity index is 1.46. The molecule has 0 radical (unpaired) electrons. The molecule has 0 bridgehead atoms. The van der Waals surface area contributed by atoms with Crippen molar-refractivity contribution < 1.29 is 34.0 Å². The highest BCUT2D eigenvalue weighted by Crippen LogP contribution is 2.42. The standard InChI is InChI=1S/C34H38N2O7/c1-3-42-29-21-25(10-12-27(29)37)31-30(33(39)34(40)36(31)15-7-14-35-16-18-41-19-17-35)32(38)26-11-13-28(23(2)20-26)43-22-24-8-5-4-6-9-24/h4-6,8-13,20-21,31,37-38H,3,7,14-19,22H2,1-2H3/b32-30+. The number of amides is 1. The molecule has 1 atom stereocenters. The van der Waals surface area contributed by atoms with Crippen LogP contribution in [0.4, 0.5) is 0 Å². The van der Waals surface area contributed by atoms with Crippen LogP contribution in [0.25, 0.3) is 5.76 Å². The number of phenolic OH excluding ortho intramolecular Hbond substituents is 1. The molecule has 2 aliphatic rings. The van der Waals surface area contributed by atoms with Gasteiger partial charge in [0.1, 0.15) is 18.1 Å². The Kier molecular flexibility index (Phi) is 9.64. The smallest absolute Gasteiger partial charge is 0.295 e. The van der Waals surface area contributed by atoms with E-state index in [9.17, 15) is 19.8 Å². The van der Waals surface area contributed by atoms with Crippen LogP contribution < -0.4 is 9.47 Å². The van der Waals surface area contributed by atoms with Crippen molar-refractivity contribution in [1.82, 2.24) is 9.80 Å². The number of Topliss-reactive ketones (excluding diaryl/α,β-unsaturated/α-hetero) is 1. The number of carbonyl (C=O) groups excluding carboxylic acids is 2. The Morgan fingerprint density at radius 1 is 0.953 bits per heavy atom. The van der Waals surface area contributed by atoms with Crippen LogP contribution in [0.15, 0.2) is 72.3 Å². The fraction of sp³-hybridized carbons (Fsp3) is 0.353. The molecule has 2 fully saturated rings. The first-order chi connectivity index (χ1) is 20.9. The van der Waals surface area contributed by atoms with E-state index >= 15 is 0 Å². The summed E-state index contributed by atoms with van der Waals surface area (Å²) in [4.78, 5) is 30.7. The van der Waals surface area contributed by atoms with Crippen molar-refractivity contribution in [3.05, 3.63) is 94.6 Å². The van der Waals surface area contributed by atoms with E-state index in [1.807, 2.05) is 37.3 Å². The van der Waals surface area contributed by atoms with E-state index in [0.29, 0.717) is 56.3 Å². The summed E-state index contributed by atoms with van der Waals surface area (Å²) in [7, 11) is 0. The van der Waals surface area contributed by atoms with E-state index < -0.39 is 17.7 Å². The second kappa shape index (κ2) is 13.8. The van der Waals surface area contributed by atoms with Crippen LogP contribution in [0, 0.1) is 6.92 Å². The number of ether oxygens (including phenoxy) is 3. The molecule has 0 aromatic heterocycles. The van der Waals surface area contributed by atoms with Crippen LogP contribution in [0.3, 0.4) is 0 Å². The van der Waals surface area contributed by atoms with Crippen LogP contribution in [0.5, 0.6) is 17.2 Å². The van der Waals surface area contributed by atoms with Gasteiger partial charge in [0, 0.05) is 31.7 Å². The lowest BCUT2D eigenvalue weighted by molar-refractivity contribution is -0.140. The average Bonchev–Trinajstić information content (AvgIpc) is 3.27. The normalized spacial score (nSPS) is 18.7. The molecule has 5 rings (SSSR count). The number of nitrogens with zero attached hydrogens (tertiary/aromatic N) is 2. The molecule has 3 aromatic carbocycles. The summed E-state index contributed by atoms with van der Waals surface area (Å²) in [6, 6.07) is 18.9. The molecule has 2 saturated heterocycles. The molecule has 43 heavy (non-hydrogen) atoms. The van der Waals surface area contributed by atoms with Gasteiger partial charge < -0.3 is 29.3 Å². The summed E-state index contributed by atoms with van der Waals surface area (Å²) in [5.41, 5.74) is 2.78. The quantitative estimate of drug-likeness (QED) is 0.187. The molecule has 3 aromatic rings. The molecule has 1 amide bonds. The van der Waals surface area contributed by atoms with Gasteiger partial charge in [0.25, 0.3) is 11.7 Å². The average molecular weight is 587 g/mol. The van der Waals surface area contributed by atoms with Crippen molar-refractivity contribution in [2.45, 2.75) is 32.9 Å². The first-order valence-corrected chi connectivity index (χ1v) is 14.7. The number of ketones is 1. The fourth-order valence-electron chi connectivity index (χ4n) is 5.57. The zero-order valence-electron chi connectivity index (χ0n) is 24.6. The number of aryl methyl sites for hydroxylation is 1. The van der Waals surface area contributed by atoms with Gasteiger partial charge in [-0.3, -0.25) is 14.5 Å². The number of morpholine rings is 1. The molecule has 9 heteroatoms. The number of carbonyl (C=O) groups is 2. The fourth-order valence-corrected chi connectivity index (χ4v) is 5.57. The van der Waals surface area contributed by atoms with Crippen LogP contribution in [-0.2, 0) is 20.9 Å². The molecule has 2 aliphatic heterocycles. The summed E-state index contributed by atoms with van der Waals surface area (Å²) in [6.07, 6.45) is 0.645. The van der Waals surface area contributed by atoms with Crippen molar-refractivity contribution in [3.63, 3.8) is 0 Å². The van der Waals surface area contributed by atoms with Crippen molar-refractivity contribution in [1.29, 1.82) is 0 Å². The minimum atomic E-state index is -0.848. The number of aromatic hydroxyl groups is 1. The van der Waals surface area contributed by atoms with E-state index in [-0.39, 0.29) is 22.8 Å². The third-order valence-corrected chi connectivity index (χ3v) is 7.80. The number of rotatable bonds is 11. The highest BCUT2D eigenvalue weighted by atomic mass is 16.5.